The molecule has 0 saturated carbocycles. The quantitative estimate of drug-likeness (QED) is 0.328. The molecule has 1 saturated heterocycles. The van der Waals surface area contributed by atoms with E-state index in [1.165, 1.54) is 4.88 Å². The molecule has 1 atom stereocenters. The Morgan fingerprint density at radius 1 is 1.05 bits per heavy atom. The normalized spacial score (nSPS) is 17.0. The largest absolute Gasteiger partial charge is 0.356 e. The molecule has 0 bridgehead atoms. The number of thiophene rings is 1. The van der Waals surface area contributed by atoms with E-state index >= 15 is 0 Å². The number of fused-ring (bicyclic) bond motifs is 3. The molecule has 1 fully saturated rings. The van der Waals surface area contributed by atoms with E-state index in [0.717, 1.165) is 72.0 Å². The average Bonchev–Trinajstić information content (AvgIpc) is 3.43. The molecule has 2 aliphatic rings. The number of halogens is 1. The van der Waals surface area contributed by atoms with Gasteiger partial charge in [-0.2, -0.15) is 0 Å². The number of rotatable bonds is 9. The van der Waals surface area contributed by atoms with Crippen molar-refractivity contribution < 1.29 is 9.59 Å². The molecular weight excluding hydrogens is 546 g/mol. The number of hydrogen-bond donors (Lipinski definition) is 3. The van der Waals surface area contributed by atoms with Crippen LogP contribution in [0.3, 0.4) is 0 Å². The Hall–Kier alpha value is -3.08. The summed E-state index contributed by atoms with van der Waals surface area (Å²) in [6.45, 7) is 9.12. The lowest BCUT2D eigenvalue weighted by Gasteiger charge is -2.21. The fourth-order valence-corrected chi connectivity index (χ4v) is 6.64. The highest BCUT2D eigenvalue weighted by atomic mass is 35.5. The minimum atomic E-state index is -0.490. The van der Waals surface area contributed by atoms with Crippen LogP contribution in [0.5, 0.6) is 0 Å². The van der Waals surface area contributed by atoms with Crippen LogP contribution < -0.4 is 16.0 Å². The summed E-state index contributed by atoms with van der Waals surface area (Å²) in [5.74, 6) is 1.60. The smallest absolute Gasteiger partial charge is 0.223 e. The number of unbranched alkanes of at least 4 members (excludes halogenated alkanes) is 1. The van der Waals surface area contributed by atoms with Gasteiger partial charge in [0, 0.05) is 40.0 Å². The van der Waals surface area contributed by atoms with Crippen LogP contribution in [0.15, 0.2) is 29.3 Å². The van der Waals surface area contributed by atoms with E-state index in [2.05, 4.69) is 44.6 Å². The molecule has 11 heteroatoms. The lowest BCUT2D eigenvalue weighted by Crippen LogP contribution is -2.38. The summed E-state index contributed by atoms with van der Waals surface area (Å²) >= 11 is 7.88. The van der Waals surface area contributed by atoms with Gasteiger partial charge < -0.3 is 16.0 Å². The van der Waals surface area contributed by atoms with Crippen LogP contribution in [0.1, 0.15) is 71.4 Å². The number of nitrogens with one attached hydrogen (secondary N) is 3. The van der Waals surface area contributed by atoms with Crippen molar-refractivity contribution in [1.29, 1.82) is 0 Å². The number of piperidine rings is 1. The van der Waals surface area contributed by atoms with Crippen LogP contribution >= 0.6 is 22.9 Å². The molecule has 9 nitrogen and oxygen atoms in total. The first-order valence-electron chi connectivity index (χ1n) is 13.9. The number of benzene rings is 1. The van der Waals surface area contributed by atoms with Gasteiger partial charge in [-0.15, -0.1) is 21.5 Å². The Morgan fingerprint density at radius 3 is 2.48 bits per heavy atom. The minimum Gasteiger partial charge on any atom is -0.356 e. The van der Waals surface area contributed by atoms with E-state index in [-0.39, 0.29) is 24.2 Å². The Morgan fingerprint density at radius 2 is 1.75 bits per heavy atom. The summed E-state index contributed by atoms with van der Waals surface area (Å²) in [5.41, 5.74) is 3.98. The highest BCUT2D eigenvalue weighted by molar-refractivity contribution is 7.15. The van der Waals surface area contributed by atoms with Crippen LogP contribution in [0.2, 0.25) is 5.02 Å². The Bertz CT molecular complexity index is 1410. The third-order valence-electron chi connectivity index (χ3n) is 7.67. The number of hydrogen-bond acceptors (Lipinski definition) is 7. The molecule has 1 aromatic carbocycles. The first-order valence-corrected chi connectivity index (χ1v) is 15.1. The fourth-order valence-electron chi connectivity index (χ4n) is 5.30. The molecule has 4 heterocycles. The van der Waals surface area contributed by atoms with Crippen molar-refractivity contribution in [2.45, 2.75) is 58.9 Å². The van der Waals surface area contributed by atoms with E-state index in [4.69, 9.17) is 16.6 Å². The third kappa shape index (κ3) is 6.14. The monoisotopic (exact) mass is 581 g/mol. The molecule has 0 aliphatic carbocycles. The topological polar surface area (TPSA) is 113 Å². The van der Waals surface area contributed by atoms with E-state index in [1.54, 1.807) is 11.3 Å². The molecule has 2 aliphatic heterocycles. The van der Waals surface area contributed by atoms with Crippen molar-refractivity contribution in [2.75, 3.05) is 26.2 Å². The van der Waals surface area contributed by atoms with E-state index in [9.17, 15) is 9.59 Å². The van der Waals surface area contributed by atoms with Crippen LogP contribution in [0.25, 0.3) is 5.00 Å². The first kappa shape index (κ1) is 28.4. The van der Waals surface area contributed by atoms with Gasteiger partial charge in [-0.05, 0) is 77.2 Å². The molecule has 0 spiro atoms. The summed E-state index contributed by atoms with van der Waals surface area (Å²) in [6.07, 6.45) is 3.55. The van der Waals surface area contributed by atoms with Gasteiger partial charge in [-0.25, -0.2) is 0 Å². The third-order valence-corrected chi connectivity index (χ3v) is 9.12. The lowest BCUT2D eigenvalue weighted by atomic mass is 9.97. The van der Waals surface area contributed by atoms with Crippen molar-refractivity contribution in [1.82, 2.24) is 30.7 Å². The summed E-state index contributed by atoms with van der Waals surface area (Å²) in [4.78, 5) is 31.7. The van der Waals surface area contributed by atoms with Gasteiger partial charge in [-0.3, -0.25) is 19.1 Å². The highest BCUT2D eigenvalue weighted by Gasteiger charge is 2.32. The summed E-state index contributed by atoms with van der Waals surface area (Å²) in [5, 5.41) is 19.9. The van der Waals surface area contributed by atoms with Gasteiger partial charge in [0.2, 0.25) is 11.8 Å². The van der Waals surface area contributed by atoms with Gasteiger partial charge in [0.1, 0.15) is 16.9 Å². The lowest BCUT2D eigenvalue weighted by molar-refractivity contribution is -0.125. The molecule has 1 unspecified atom stereocenters. The van der Waals surface area contributed by atoms with Gasteiger partial charge in [0.15, 0.2) is 5.82 Å². The number of nitrogens with zero attached hydrogens (tertiary/aromatic N) is 4. The van der Waals surface area contributed by atoms with Crippen molar-refractivity contribution in [2.24, 2.45) is 10.9 Å². The van der Waals surface area contributed by atoms with Crippen LogP contribution in [-0.4, -0.2) is 58.5 Å². The second-order valence-electron chi connectivity index (χ2n) is 10.5. The van der Waals surface area contributed by atoms with Crippen molar-refractivity contribution in [3.05, 3.63) is 62.5 Å². The maximum absolute atomic E-state index is 13.1. The summed E-state index contributed by atoms with van der Waals surface area (Å²) < 4.78 is 2.05. The molecule has 2 aromatic heterocycles. The van der Waals surface area contributed by atoms with Gasteiger partial charge in [0.25, 0.3) is 0 Å². The van der Waals surface area contributed by atoms with Crippen molar-refractivity contribution >= 4 is 40.5 Å². The zero-order chi connectivity index (χ0) is 28.2. The van der Waals surface area contributed by atoms with Crippen molar-refractivity contribution in [3.63, 3.8) is 0 Å². The molecule has 3 N–H and O–H groups in total. The Kier molecular flexibility index (Phi) is 8.97. The summed E-state index contributed by atoms with van der Waals surface area (Å²) in [6, 6.07) is 7.17. The van der Waals surface area contributed by atoms with Gasteiger partial charge in [0.05, 0.1) is 12.1 Å². The fraction of sp³-hybridized carbons (Fsp3) is 0.483. The molecule has 40 heavy (non-hydrogen) atoms. The van der Waals surface area contributed by atoms with E-state index in [0.29, 0.717) is 23.9 Å². The van der Waals surface area contributed by atoms with Gasteiger partial charge >= 0.3 is 0 Å². The van der Waals surface area contributed by atoms with E-state index in [1.807, 2.05) is 31.2 Å². The summed E-state index contributed by atoms with van der Waals surface area (Å²) in [7, 11) is 0. The number of carbonyl (C=O) groups is 2. The first-order chi connectivity index (χ1) is 19.3. The molecule has 3 aromatic rings. The SMILES string of the molecule is Cc1sc2c(c1C)C(c1ccc(Cl)cc1)=NC(CC(=O)NCCCCNC(=O)C1CCNCC1)c1nnc(C)n1-2. The molecule has 5 rings (SSSR count). The van der Waals surface area contributed by atoms with Gasteiger partial charge in [-0.1, -0.05) is 23.7 Å². The molecule has 212 valence electrons. The molecule has 0 radical (unpaired) electrons. The maximum Gasteiger partial charge on any atom is 0.223 e. The number of aryl methyl sites for hydroxylation is 2. The molecular formula is C29H36ClN7O2S. The predicted molar refractivity (Wildman–Crippen MR) is 159 cm³/mol. The van der Waals surface area contributed by atoms with Crippen LogP contribution in [0.4, 0.5) is 0 Å². The van der Waals surface area contributed by atoms with Crippen molar-refractivity contribution in [3.8, 4) is 5.00 Å². The maximum atomic E-state index is 13.1. The number of aliphatic imine (C=N–C) groups is 1. The minimum absolute atomic E-state index is 0.0895. The number of amides is 2. The van der Waals surface area contributed by atoms with E-state index < -0.39 is 6.04 Å². The zero-order valence-corrected chi connectivity index (χ0v) is 24.8. The number of carbonyl (C=O) groups excluding carboxylic acids is 2. The average molecular weight is 582 g/mol. The number of aromatic nitrogens is 3. The predicted octanol–water partition coefficient (Wildman–Crippen LogP) is 4.20. The highest BCUT2D eigenvalue weighted by Crippen LogP contribution is 2.39. The van der Waals surface area contributed by atoms with Crippen LogP contribution in [-0.2, 0) is 9.59 Å². The molecule has 2 amide bonds. The second-order valence-corrected chi connectivity index (χ2v) is 12.1. The Labute approximate surface area is 243 Å². The standard InChI is InChI=1S/C29H36ClN7O2S/c1-17-18(2)40-29-25(17)26(20-6-8-22(30)9-7-20)34-23(27-36-35-19(3)37(27)29)16-24(38)32-12-4-5-13-33-28(39)21-10-14-31-15-11-21/h6-9,21,23,31H,4-5,10-16H2,1-3H3,(H,32,38)(H,33,39). The Balaban J connectivity index is 1.26. The zero-order valence-electron chi connectivity index (χ0n) is 23.2. The second kappa shape index (κ2) is 12.6. The van der Waals surface area contributed by atoms with Crippen LogP contribution in [0, 0.1) is 26.7 Å².